The van der Waals surface area contributed by atoms with Gasteiger partial charge < -0.3 is 34.0 Å². The van der Waals surface area contributed by atoms with Crippen molar-refractivity contribution in [1.29, 1.82) is 10.5 Å². The van der Waals surface area contributed by atoms with Crippen molar-refractivity contribution in [2.75, 3.05) is 0 Å². The Bertz CT molecular complexity index is 2650. The first-order chi connectivity index (χ1) is 30.4. The molecule has 4 aromatic heterocycles. The third kappa shape index (κ3) is 23.1. The fourth-order valence-electron chi connectivity index (χ4n) is 6.33. The summed E-state index contributed by atoms with van der Waals surface area (Å²) in [6, 6.07) is 44.0. The number of halogens is 15. The number of aromatic nitrogens is 4. The van der Waals surface area contributed by atoms with Crippen LogP contribution in [0.3, 0.4) is 0 Å². The van der Waals surface area contributed by atoms with E-state index in [1.165, 1.54) is 38.9 Å². The quantitative estimate of drug-likeness (QED) is 0.0576. The molecule has 23 heteroatoms. The summed E-state index contributed by atoms with van der Waals surface area (Å²) in [5, 5.41) is 18.9. The Morgan fingerprint density at radius 1 is 0.353 bits per heavy atom. The number of alkyl halides is 1. The van der Waals surface area contributed by atoms with Crippen molar-refractivity contribution in [3.63, 3.8) is 0 Å². The number of pyridine rings is 4. The van der Waals surface area contributed by atoms with Gasteiger partial charge in [-0.15, -0.1) is 0 Å². The van der Waals surface area contributed by atoms with Gasteiger partial charge in [-0.05, 0) is 70.3 Å². The second-order valence-corrected chi connectivity index (χ2v) is 19.3. The van der Waals surface area contributed by atoms with Crippen LogP contribution in [0.2, 0.25) is 0 Å². The summed E-state index contributed by atoms with van der Waals surface area (Å²) in [4.78, 5) is 0. The van der Waals surface area contributed by atoms with E-state index in [0.29, 0.717) is 11.1 Å². The number of benzene rings is 3. The van der Waals surface area contributed by atoms with Crippen LogP contribution in [0.5, 0.6) is 0 Å². The van der Waals surface area contributed by atoms with Crippen molar-refractivity contribution in [2.24, 2.45) is 0 Å². The molecule has 3 aromatic carbocycles. The van der Waals surface area contributed by atoms with Gasteiger partial charge in [-0.1, -0.05) is 40.2 Å². The number of nitrogens with zero attached hydrogens (tertiary/aromatic N) is 6. The van der Waals surface area contributed by atoms with E-state index in [2.05, 4.69) is 163 Å². The zero-order chi connectivity index (χ0) is 48.5. The smallest absolute Gasteiger partial charge is 0.173 e. The average Bonchev–Trinajstić information content (AvgIpc) is 3.23. The van der Waals surface area contributed by atoms with Crippen molar-refractivity contribution >= 4 is 31.5 Å². The molecule has 0 bridgehead atoms. The summed E-state index contributed by atoms with van der Waals surface area (Å²) in [5.41, 5.74) is 12.2. The minimum Gasteiger partial charge on any atom is -1.00 e. The van der Waals surface area contributed by atoms with Gasteiger partial charge in [0.2, 0.25) is 0 Å². The predicted octanol–water partition coefficient (Wildman–Crippen LogP) is 7.77. The molecule has 0 aliphatic rings. The third-order valence-electron chi connectivity index (χ3n) is 9.12. The maximum Gasteiger partial charge on any atom is 0.173 e. The van der Waals surface area contributed by atoms with Crippen molar-refractivity contribution in [2.45, 2.75) is 31.5 Å². The maximum atomic E-state index is 9.87. The first-order valence-electron chi connectivity index (χ1n) is 19.2. The van der Waals surface area contributed by atoms with Crippen LogP contribution < -0.4 is 52.2 Å². The van der Waals surface area contributed by atoms with Gasteiger partial charge in [-0.3, -0.25) is 0 Å². The van der Waals surface area contributed by atoms with Crippen LogP contribution in [0.25, 0.3) is 22.3 Å². The van der Waals surface area contributed by atoms with Gasteiger partial charge in [0.05, 0.1) is 23.3 Å². The van der Waals surface area contributed by atoms with E-state index < -0.39 is 15.6 Å². The van der Waals surface area contributed by atoms with E-state index in [1.807, 2.05) is 48.5 Å². The molecule has 0 spiro atoms. The Balaban J connectivity index is 0.000000669. The van der Waals surface area contributed by atoms with Crippen molar-refractivity contribution in [3.05, 3.63) is 204 Å². The second-order valence-electron chi connectivity index (χ2n) is 14.9. The summed E-state index contributed by atoms with van der Waals surface area (Å²) < 4.78 is 127. The Morgan fingerprint density at radius 3 is 0.765 bits per heavy atom. The van der Waals surface area contributed by atoms with E-state index in [1.54, 1.807) is 0 Å². The first-order valence-corrected chi connectivity index (χ1v) is 24.4. The van der Waals surface area contributed by atoms with Crippen LogP contribution in [0.1, 0.15) is 38.9 Å². The normalized spacial score (nSPS) is 13.0. The summed E-state index contributed by atoms with van der Waals surface area (Å²) >= 11 is 3.69. The number of rotatable bonds is 11. The van der Waals surface area contributed by atoms with Crippen molar-refractivity contribution in [3.8, 4) is 34.4 Å². The molecule has 7 rings (SSSR count). The molecule has 6 nitrogen and oxygen atoms in total. The van der Waals surface area contributed by atoms with Gasteiger partial charge in [0.15, 0.2) is 75.8 Å². The van der Waals surface area contributed by atoms with E-state index in [0.717, 1.165) is 42.6 Å². The molecule has 0 amide bonds. The zero-order valence-electron chi connectivity index (χ0n) is 34.9. The Kier molecular flexibility index (Phi) is 17.7. The SMILES string of the molecule is F[P-](F)(F)(F)(F)F.F[P-](F)(F)(F)(F)F.N#Cc1ccc(C[n+]2ccc(-c3cc[n+](Cc4cc(CBr)cc(C[n+]5ccc(-c6cc[n+](Cc7ccc(C#N)cc7)cc6)cc5)c4)cc3)cc2)cc1.[Br-].[Br-]. The van der Waals surface area contributed by atoms with Gasteiger partial charge in [-0.2, -0.15) is 10.5 Å². The van der Waals surface area contributed by atoms with Crippen LogP contribution in [0, 0.1) is 22.7 Å². The van der Waals surface area contributed by atoms with Gasteiger partial charge in [0, 0.05) is 76.1 Å². The molecule has 0 fully saturated rings. The van der Waals surface area contributed by atoms with E-state index in [9.17, 15) is 50.4 Å². The molecule has 7 aromatic rings. The predicted molar refractivity (Wildman–Crippen MR) is 229 cm³/mol. The molecule has 0 aliphatic carbocycles. The topological polar surface area (TPSA) is 63.1 Å². The van der Waals surface area contributed by atoms with Gasteiger partial charge >= 0.3 is 66.0 Å². The molecule has 0 radical (unpaired) electrons. The molecular weight excluding hydrogens is 1150 g/mol. The molecule has 362 valence electrons. The van der Waals surface area contributed by atoms with Gasteiger partial charge in [-0.25, -0.2) is 18.3 Å². The molecule has 4 heterocycles. The molecule has 0 atom stereocenters. The first kappa shape index (κ1) is 57.0. The Morgan fingerprint density at radius 2 is 0.559 bits per heavy atom. The van der Waals surface area contributed by atoms with Crippen LogP contribution in [-0.4, -0.2) is 0 Å². The molecule has 0 unspecified atom stereocenters. The zero-order valence-corrected chi connectivity index (χ0v) is 41.4. The van der Waals surface area contributed by atoms with E-state index >= 15 is 0 Å². The minimum atomic E-state index is -10.7. The molecule has 0 N–H and O–H groups in total. The summed E-state index contributed by atoms with van der Waals surface area (Å²) in [6.07, 6.45) is 17.0. The largest absolute Gasteiger partial charge is 1.00 e. The van der Waals surface area contributed by atoms with E-state index in [-0.39, 0.29) is 34.0 Å². The van der Waals surface area contributed by atoms with Crippen molar-refractivity contribution in [1.82, 2.24) is 0 Å². The second kappa shape index (κ2) is 21.1. The van der Waals surface area contributed by atoms with Gasteiger partial charge in [0.25, 0.3) is 0 Å². The molecule has 0 aliphatic heterocycles. The molecular formula is C45H37Br3F12N6P2. The fourth-order valence-corrected chi connectivity index (χ4v) is 6.66. The fraction of sp³-hybridized carbons (Fsp3) is 0.111. The molecule has 0 saturated heterocycles. The van der Waals surface area contributed by atoms with E-state index in [4.69, 9.17) is 10.5 Å². The maximum absolute atomic E-state index is 10.7. The average molecular weight is 1190 g/mol. The van der Waals surface area contributed by atoms with Crippen LogP contribution >= 0.6 is 31.5 Å². The Labute approximate surface area is 412 Å². The summed E-state index contributed by atoms with van der Waals surface area (Å²) in [7, 11) is -21.3. The number of hydrogen-bond donors (Lipinski definition) is 0. The summed E-state index contributed by atoms with van der Waals surface area (Å²) in [5.74, 6) is 0. The van der Waals surface area contributed by atoms with Crippen LogP contribution in [-0.2, 0) is 31.5 Å². The van der Waals surface area contributed by atoms with Crippen molar-refractivity contribution < 1.29 is 103 Å². The standard InChI is InChI=1S/C45H37BrN6.2BrH.2F6P/c46-28-39-25-40(33-51-21-13-44(14-22-51)42-9-17-49(18-10-42)31-37-5-1-35(29-47)2-6-37)27-41(26-39)34-52-23-15-45(16-24-52)43-11-19-50(20-12-43)32-38-7-3-36(30-48)4-8-38;;;2*1-7(2,3,4,5)6/h1-27H,28,31-34H2;2*1H;;/q+4;;;2*-1/p-2. The minimum absolute atomic E-state index is 0. The number of hydrogen-bond acceptors (Lipinski definition) is 2. The Hall–Kier alpha value is -5.30. The summed E-state index contributed by atoms with van der Waals surface area (Å²) in [6.45, 7) is 3.10. The number of nitriles is 2. The van der Waals surface area contributed by atoms with Gasteiger partial charge in [0.1, 0.15) is 0 Å². The van der Waals surface area contributed by atoms with Crippen LogP contribution in [0.4, 0.5) is 50.4 Å². The monoisotopic (exact) mass is 1190 g/mol. The molecule has 0 saturated carbocycles. The molecule has 68 heavy (non-hydrogen) atoms. The van der Waals surface area contributed by atoms with Crippen LogP contribution in [0.15, 0.2) is 165 Å². The third-order valence-corrected chi connectivity index (χ3v) is 9.77.